The van der Waals surface area contributed by atoms with Crippen molar-refractivity contribution in [1.29, 1.82) is 0 Å². The number of ether oxygens (including phenoxy) is 1. The van der Waals surface area contributed by atoms with Crippen LogP contribution in [0.3, 0.4) is 0 Å². The number of thiazole rings is 1. The van der Waals surface area contributed by atoms with Gasteiger partial charge in [0.2, 0.25) is 0 Å². The SMILES string of the molecule is Cc1nc(OC=O)sc1C. The zero-order valence-corrected chi connectivity index (χ0v) is 6.57. The molecule has 0 saturated heterocycles. The van der Waals surface area contributed by atoms with E-state index in [1.165, 1.54) is 11.3 Å². The summed E-state index contributed by atoms with van der Waals surface area (Å²) in [6.45, 7) is 4.20. The van der Waals surface area contributed by atoms with Gasteiger partial charge in [0.25, 0.3) is 11.7 Å². The number of carbonyl (C=O) groups excluding carboxylic acids is 1. The van der Waals surface area contributed by atoms with Gasteiger partial charge in [-0.15, -0.1) is 0 Å². The molecule has 1 rings (SSSR count). The van der Waals surface area contributed by atoms with Crippen molar-refractivity contribution in [3.63, 3.8) is 0 Å². The molecule has 0 aliphatic carbocycles. The number of carbonyl (C=O) groups is 1. The second-order valence-electron chi connectivity index (χ2n) is 1.84. The maximum absolute atomic E-state index is 9.84. The van der Waals surface area contributed by atoms with Crippen LogP contribution in [0.4, 0.5) is 0 Å². The molecule has 10 heavy (non-hydrogen) atoms. The first-order chi connectivity index (χ1) is 4.74. The minimum Gasteiger partial charge on any atom is -0.400 e. The van der Waals surface area contributed by atoms with E-state index in [1.54, 1.807) is 0 Å². The first kappa shape index (κ1) is 7.21. The fourth-order valence-electron chi connectivity index (χ4n) is 0.535. The predicted molar refractivity (Wildman–Crippen MR) is 38.3 cm³/mol. The summed E-state index contributed by atoms with van der Waals surface area (Å²) < 4.78 is 4.53. The number of hydrogen-bond donors (Lipinski definition) is 0. The van der Waals surface area contributed by atoms with Crippen LogP contribution < -0.4 is 4.74 Å². The summed E-state index contributed by atoms with van der Waals surface area (Å²) in [5.41, 5.74) is 0.918. The number of rotatable bonds is 2. The third kappa shape index (κ3) is 1.33. The number of aryl methyl sites for hydroxylation is 2. The molecule has 54 valence electrons. The Labute approximate surface area is 62.7 Å². The fraction of sp³-hybridized carbons (Fsp3) is 0.333. The largest absolute Gasteiger partial charge is 0.400 e. The van der Waals surface area contributed by atoms with Gasteiger partial charge in [-0.05, 0) is 13.8 Å². The maximum atomic E-state index is 9.84. The van der Waals surface area contributed by atoms with Gasteiger partial charge >= 0.3 is 0 Å². The first-order valence-electron chi connectivity index (χ1n) is 2.78. The third-order valence-corrected chi connectivity index (χ3v) is 2.12. The van der Waals surface area contributed by atoms with Crippen molar-refractivity contribution >= 4 is 17.8 Å². The van der Waals surface area contributed by atoms with Crippen molar-refractivity contribution in [3.8, 4) is 5.19 Å². The predicted octanol–water partition coefficient (Wildman–Crippen LogP) is 1.30. The molecule has 0 saturated carbocycles. The average Bonchev–Trinajstić information content (AvgIpc) is 2.14. The van der Waals surface area contributed by atoms with Gasteiger partial charge in [0.05, 0.1) is 5.69 Å². The molecule has 0 N–H and O–H groups in total. The zero-order chi connectivity index (χ0) is 7.56. The molecule has 0 aliphatic rings. The van der Waals surface area contributed by atoms with E-state index in [0.717, 1.165) is 10.6 Å². The molecular formula is C6H7NO2S. The lowest BCUT2D eigenvalue weighted by atomic mass is 10.4. The summed E-state index contributed by atoms with van der Waals surface area (Å²) in [4.78, 5) is 14.9. The molecule has 0 fully saturated rings. The van der Waals surface area contributed by atoms with E-state index in [0.29, 0.717) is 11.7 Å². The minimum absolute atomic E-state index is 0.387. The summed E-state index contributed by atoms with van der Waals surface area (Å²) in [6.07, 6.45) is 0. The minimum atomic E-state index is 0.387. The lowest BCUT2D eigenvalue weighted by Gasteiger charge is -1.83. The maximum Gasteiger partial charge on any atom is 0.300 e. The molecule has 0 unspecified atom stereocenters. The van der Waals surface area contributed by atoms with Crippen molar-refractivity contribution in [2.45, 2.75) is 13.8 Å². The Hall–Kier alpha value is -0.900. The van der Waals surface area contributed by atoms with E-state index in [9.17, 15) is 4.79 Å². The van der Waals surface area contributed by atoms with Gasteiger partial charge in [-0.2, -0.15) is 0 Å². The van der Waals surface area contributed by atoms with E-state index in [4.69, 9.17) is 0 Å². The molecule has 0 spiro atoms. The Kier molecular flexibility index (Phi) is 2.01. The molecule has 1 heterocycles. The zero-order valence-electron chi connectivity index (χ0n) is 5.75. The molecule has 0 aliphatic heterocycles. The molecule has 0 radical (unpaired) electrons. The monoisotopic (exact) mass is 157 g/mol. The second kappa shape index (κ2) is 2.79. The third-order valence-electron chi connectivity index (χ3n) is 1.16. The summed E-state index contributed by atoms with van der Waals surface area (Å²) >= 11 is 1.37. The normalized spacial score (nSPS) is 9.40. The highest BCUT2D eigenvalue weighted by Crippen LogP contribution is 2.22. The van der Waals surface area contributed by atoms with Crippen LogP contribution in [0, 0.1) is 13.8 Å². The quantitative estimate of drug-likeness (QED) is 0.607. The topological polar surface area (TPSA) is 39.2 Å². The van der Waals surface area contributed by atoms with E-state index >= 15 is 0 Å². The van der Waals surface area contributed by atoms with Gasteiger partial charge in [-0.3, -0.25) is 4.79 Å². The summed E-state index contributed by atoms with van der Waals surface area (Å²) in [7, 11) is 0. The lowest BCUT2D eigenvalue weighted by Crippen LogP contribution is -1.86. The Bertz CT molecular complexity index is 224. The second-order valence-corrected chi connectivity index (χ2v) is 3.00. The first-order valence-corrected chi connectivity index (χ1v) is 3.60. The van der Waals surface area contributed by atoms with Crippen LogP contribution in [0.5, 0.6) is 5.19 Å². The van der Waals surface area contributed by atoms with Crippen LogP contribution in [0.25, 0.3) is 0 Å². The van der Waals surface area contributed by atoms with Gasteiger partial charge in [0.15, 0.2) is 0 Å². The standard InChI is InChI=1S/C6H7NO2S/c1-4-5(2)10-6(7-4)9-3-8/h3H,1-2H3. The van der Waals surface area contributed by atoms with E-state index in [1.807, 2.05) is 13.8 Å². The van der Waals surface area contributed by atoms with Crippen LogP contribution in [0.2, 0.25) is 0 Å². The van der Waals surface area contributed by atoms with Crippen molar-refractivity contribution < 1.29 is 9.53 Å². The molecule has 4 heteroatoms. The Morgan fingerprint density at radius 2 is 2.30 bits per heavy atom. The van der Waals surface area contributed by atoms with Crippen molar-refractivity contribution in [3.05, 3.63) is 10.6 Å². The molecule has 0 amide bonds. The summed E-state index contributed by atoms with van der Waals surface area (Å²) in [5.74, 6) is 0. The van der Waals surface area contributed by atoms with Crippen molar-refractivity contribution in [2.75, 3.05) is 0 Å². The van der Waals surface area contributed by atoms with Crippen LogP contribution in [-0.4, -0.2) is 11.5 Å². The highest BCUT2D eigenvalue weighted by Gasteiger charge is 2.02. The van der Waals surface area contributed by atoms with Crippen molar-refractivity contribution in [2.24, 2.45) is 0 Å². The number of hydrogen-bond acceptors (Lipinski definition) is 4. The van der Waals surface area contributed by atoms with E-state index < -0.39 is 0 Å². The highest BCUT2D eigenvalue weighted by atomic mass is 32.1. The Morgan fingerprint density at radius 3 is 2.70 bits per heavy atom. The molecule has 1 aromatic rings. The van der Waals surface area contributed by atoms with Gasteiger partial charge < -0.3 is 4.74 Å². The Balaban J connectivity index is 2.86. The smallest absolute Gasteiger partial charge is 0.300 e. The Morgan fingerprint density at radius 1 is 1.60 bits per heavy atom. The van der Waals surface area contributed by atoms with E-state index in [-0.39, 0.29) is 0 Å². The van der Waals surface area contributed by atoms with Crippen LogP contribution in [0.1, 0.15) is 10.6 Å². The van der Waals surface area contributed by atoms with Gasteiger partial charge in [0.1, 0.15) is 0 Å². The van der Waals surface area contributed by atoms with Crippen molar-refractivity contribution in [1.82, 2.24) is 4.98 Å². The summed E-state index contributed by atoms with van der Waals surface area (Å²) in [6, 6.07) is 0. The number of nitrogens with zero attached hydrogens (tertiary/aromatic N) is 1. The van der Waals surface area contributed by atoms with Crippen LogP contribution in [0.15, 0.2) is 0 Å². The molecule has 0 atom stereocenters. The molecule has 1 aromatic heterocycles. The summed E-state index contributed by atoms with van der Waals surface area (Å²) in [5, 5.41) is 0.421. The number of aromatic nitrogens is 1. The highest BCUT2D eigenvalue weighted by molar-refractivity contribution is 7.13. The molecular weight excluding hydrogens is 150 g/mol. The van der Waals surface area contributed by atoms with E-state index in [2.05, 4.69) is 9.72 Å². The van der Waals surface area contributed by atoms with Gasteiger partial charge in [-0.25, -0.2) is 4.98 Å². The van der Waals surface area contributed by atoms with Crippen LogP contribution >= 0.6 is 11.3 Å². The average molecular weight is 157 g/mol. The fourth-order valence-corrected chi connectivity index (χ4v) is 1.26. The lowest BCUT2D eigenvalue weighted by molar-refractivity contribution is -0.120. The molecule has 0 bridgehead atoms. The van der Waals surface area contributed by atoms with Gasteiger partial charge in [-0.1, -0.05) is 11.3 Å². The van der Waals surface area contributed by atoms with Crippen LogP contribution in [-0.2, 0) is 4.79 Å². The molecule has 3 nitrogen and oxygen atoms in total. The van der Waals surface area contributed by atoms with Gasteiger partial charge in [0, 0.05) is 4.88 Å². The molecule has 0 aromatic carbocycles.